The molecular weight excluding hydrogens is 362 g/mol. The Morgan fingerprint density at radius 2 is 1.66 bits per heavy atom. The highest BCUT2D eigenvalue weighted by molar-refractivity contribution is 5.78. The van der Waals surface area contributed by atoms with Crippen LogP contribution in [0.15, 0.2) is 29.3 Å². The molecule has 0 unspecified atom stereocenters. The highest BCUT2D eigenvalue weighted by Gasteiger charge is 2.42. The molecule has 6 heteroatoms. The Bertz CT molecular complexity index is 705. The smallest absolute Gasteiger partial charge is 0.109 e. The largest absolute Gasteiger partial charge is 0.412 e. The number of nitrogens with zero attached hydrogens (tertiary/aromatic N) is 5. The summed E-state index contributed by atoms with van der Waals surface area (Å²) in [6.45, 7) is 8.09. The van der Waals surface area contributed by atoms with Crippen LogP contribution in [-0.2, 0) is 5.41 Å². The average Bonchev–Trinajstić information content (AvgIpc) is 2.76. The Labute approximate surface area is 176 Å². The third-order valence-corrected chi connectivity index (χ3v) is 7.74. The Hall–Kier alpha value is -1.63. The Morgan fingerprint density at radius 1 is 1.03 bits per heavy atom. The molecule has 0 bridgehead atoms. The Balaban J connectivity index is 0.00000240. The van der Waals surface area contributed by atoms with E-state index in [0.29, 0.717) is 5.41 Å². The van der Waals surface area contributed by atoms with Crippen molar-refractivity contribution >= 4 is 11.5 Å². The molecule has 4 rings (SSSR count). The fourth-order valence-corrected chi connectivity index (χ4v) is 5.60. The van der Waals surface area contributed by atoms with Gasteiger partial charge in [-0.25, -0.2) is 5.01 Å². The molecule has 3 heterocycles. The van der Waals surface area contributed by atoms with Gasteiger partial charge in [0.1, 0.15) is 5.84 Å². The molecule has 3 aliphatic heterocycles. The number of hydrogen-bond acceptors (Lipinski definition) is 4. The van der Waals surface area contributed by atoms with Gasteiger partial charge in [0.25, 0.3) is 0 Å². The van der Waals surface area contributed by atoms with Crippen molar-refractivity contribution in [1.29, 1.82) is 0 Å². The van der Waals surface area contributed by atoms with Gasteiger partial charge in [0.05, 0.1) is 0 Å². The third-order valence-electron chi connectivity index (χ3n) is 7.74. The van der Waals surface area contributed by atoms with Gasteiger partial charge in [-0.3, -0.25) is 10.0 Å². The summed E-state index contributed by atoms with van der Waals surface area (Å²) < 4.78 is 0. The summed E-state index contributed by atoms with van der Waals surface area (Å²) in [5.74, 6) is 1.10. The van der Waals surface area contributed by atoms with E-state index < -0.39 is 0 Å². The van der Waals surface area contributed by atoms with Gasteiger partial charge < -0.3 is 15.3 Å². The first kappa shape index (κ1) is 22.1. The lowest BCUT2D eigenvalue weighted by atomic mass is 9.68. The minimum atomic E-state index is 0. The van der Waals surface area contributed by atoms with Crippen LogP contribution in [0.5, 0.6) is 0 Å². The second-order valence-corrected chi connectivity index (χ2v) is 8.98. The number of likely N-dealkylation sites (tertiary alicyclic amines) is 1. The molecule has 0 amide bonds. The number of aliphatic imine (C=N–C) groups is 1. The standard InChI is InChI=1S/C23H37N5.H2O/c1-19(24-2)26(4)28-14-9-20(10-15-28)27-17-12-23(13-18-27)11-16-25(3)22-8-6-5-7-21(22)23;/h5-8,20H,9-18H2,1-4H3;1H2. The number of fused-ring (bicyclic) bond motifs is 2. The van der Waals surface area contributed by atoms with Gasteiger partial charge in [0.2, 0.25) is 0 Å². The van der Waals surface area contributed by atoms with Crippen LogP contribution in [0.3, 0.4) is 0 Å². The van der Waals surface area contributed by atoms with Crippen molar-refractivity contribution in [3.05, 3.63) is 29.8 Å². The fourth-order valence-electron chi connectivity index (χ4n) is 5.60. The molecule has 0 aliphatic carbocycles. The molecule has 1 spiro atoms. The topological polar surface area (TPSA) is 56.8 Å². The van der Waals surface area contributed by atoms with E-state index in [0.717, 1.165) is 25.0 Å². The number of hydrazine groups is 1. The predicted molar refractivity (Wildman–Crippen MR) is 122 cm³/mol. The van der Waals surface area contributed by atoms with Gasteiger partial charge in [-0.05, 0) is 63.7 Å². The van der Waals surface area contributed by atoms with Crippen molar-refractivity contribution in [3.63, 3.8) is 0 Å². The molecule has 2 saturated heterocycles. The van der Waals surface area contributed by atoms with Crippen LogP contribution in [-0.4, -0.2) is 86.1 Å². The van der Waals surface area contributed by atoms with Gasteiger partial charge in [-0.1, -0.05) is 18.2 Å². The molecule has 6 nitrogen and oxygen atoms in total. The molecule has 2 N–H and O–H groups in total. The second kappa shape index (κ2) is 9.02. The number of anilines is 1. The zero-order valence-corrected chi connectivity index (χ0v) is 18.7. The minimum absolute atomic E-state index is 0. The molecule has 0 saturated carbocycles. The van der Waals surface area contributed by atoms with Gasteiger partial charge in [-0.2, -0.15) is 0 Å². The normalized spacial score (nSPS) is 23.6. The first-order valence-corrected chi connectivity index (χ1v) is 11.0. The summed E-state index contributed by atoms with van der Waals surface area (Å²) in [5, 5.41) is 4.69. The maximum atomic E-state index is 4.33. The summed E-state index contributed by atoms with van der Waals surface area (Å²) in [7, 11) is 6.27. The highest BCUT2D eigenvalue weighted by atomic mass is 16.0. The van der Waals surface area contributed by atoms with Crippen molar-refractivity contribution in [1.82, 2.24) is 14.9 Å². The summed E-state index contributed by atoms with van der Waals surface area (Å²) in [6, 6.07) is 9.89. The maximum Gasteiger partial charge on any atom is 0.109 e. The number of piperidine rings is 2. The van der Waals surface area contributed by atoms with Crippen LogP contribution < -0.4 is 4.90 Å². The molecule has 1 aromatic carbocycles. The summed E-state index contributed by atoms with van der Waals surface area (Å²) in [6.07, 6.45) is 6.49. The Kier molecular flexibility index (Phi) is 6.87. The van der Waals surface area contributed by atoms with Crippen LogP contribution in [0.1, 0.15) is 44.6 Å². The van der Waals surface area contributed by atoms with Crippen LogP contribution in [0.2, 0.25) is 0 Å². The van der Waals surface area contributed by atoms with E-state index in [4.69, 9.17) is 0 Å². The second-order valence-electron chi connectivity index (χ2n) is 8.98. The van der Waals surface area contributed by atoms with Crippen molar-refractivity contribution in [2.75, 3.05) is 58.8 Å². The number of para-hydroxylation sites is 1. The van der Waals surface area contributed by atoms with Gasteiger partial charge >= 0.3 is 0 Å². The Morgan fingerprint density at radius 3 is 2.31 bits per heavy atom. The molecule has 0 radical (unpaired) electrons. The molecule has 3 aliphatic rings. The monoisotopic (exact) mass is 401 g/mol. The minimum Gasteiger partial charge on any atom is -0.412 e. The molecular formula is C23H39N5O. The molecule has 0 aromatic heterocycles. The molecule has 162 valence electrons. The van der Waals surface area contributed by atoms with E-state index in [1.807, 2.05) is 7.05 Å². The zero-order chi connectivity index (χ0) is 19.7. The fraction of sp³-hybridized carbons (Fsp3) is 0.696. The average molecular weight is 402 g/mol. The lowest BCUT2D eigenvalue weighted by molar-refractivity contribution is 0.00142. The summed E-state index contributed by atoms with van der Waals surface area (Å²) in [5.41, 5.74) is 3.48. The number of benzene rings is 1. The van der Waals surface area contributed by atoms with Crippen molar-refractivity contribution in [2.24, 2.45) is 4.99 Å². The van der Waals surface area contributed by atoms with Crippen LogP contribution >= 0.6 is 0 Å². The molecule has 0 atom stereocenters. The van der Waals surface area contributed by atoms with Crippen LogP contribution in [0.25, 0.3) is 0 Å². The van der Waals surface area contributed by atoms with Crippen molar-refractivity contribution < 1.29 is 5.48 Å². The molecule has 29 heavy (non-hydrogen) atoms. The van der Waals surface area contributed by atoms with Crippen molar-refractivity contribution in [3.8, 4) is 0 Å². The van der Waals surface area contributed by atoms with E-state index >= 15 is 0 Å². The van der Waals surface area contributed by atoms with Crippen LogP contribution in [0.4, 0.5) is 5.69 Å². The number of hydrogen-bond donors (Lipinski definition) is 0. The zero-order valence-electron chi connectivity index (χ0n) is 18.7. The van der Waals surface area contributed by atoms with Gasteiger partial charge in [-0.15, -0.1) is 0 Å². The predicted octanol–water partition coefficient (Wildman–Crippen LogP) is 2.39. The van der Waals surface area contributed by atoms with E-state index in [2.05, 4.69) is 70.1 Å². The third kappa shape index (κ3) is 4.16. The summed E-state index contributed by atoms with van der Waals surface area (Å²) >= 11 is 0. The number of amidine groups is 1. The van der Waals surface area contributed by atoms with E-state index in [1.54, 1.807) is 5.56 Å². The van der Waals surface area contributed by atoms with E-state index in [1.165, 1.54) is 57.4 Å². The van der Waals surface area contributed by atoms with E-state index in [9.17, 15) is 0 Å². The lowest BCUT2D eigenvalue weighted by Crippen LogP contribution is -2.54. The molecule has 1 aromatic rings. The molecule has 2 fully saturated rings. The van der Waals surface area contributed by atoms with Crippen LogP contribution in [0, 0.1) is 0 Å². The first-order chi connectivity index (χ1) is 13.5. The summed E-state index contributed by atoms with van der Waals surface area (Å²) in [4.78, 5) is 9.57. The first-order valence-electron chi connectivity index (χ1n) is 11.0. The quantitative estimate of drug-likeness (QED) is 0.564. The SMILES string of the molecule is CN=C(C)N(C)N1CCC(N2CCC3(CCN(C)c4ccccc43)CC2)CC1.O. The number of rotatable bonds is 2. The lowest BCUT2D eigenvalue weighted by Gasteiger charge is -2.50. The van der Waals surface area contributed by atoms with Gasteiger partial charge in [0.15, 0.2) is 0 Å². The van der Waals surface area contributed by atoms with Gasteiger partial charge in [0, 0.05) is 57.9 Å². The maximum absolute atomic E-state index is 4.33. The van der Waals surface area contributed by atoms with Crippen molar-refractivity contribution in [2.45, 2.75) is 50.5 Å². The van der Waals surface area contributed by atoms with E-state index in [-0.39, 0.29) is 5.48 Å². The highest BCUT2D eigenvalue weighted by Crippen LogP contribution is 2.46.